The molecule has 1 heterocycles. The van der Waals surface area contributed by atoms with E-state index in [4.69, 9.17) is 11.6 Å². The smallest absolute Gasteiger partial charge is 0.300 e. The Kier molecular flexibility index (Phi) is 5.33. The number of carbonyl (C=O) groups is 2. The summed E-state index contributed by atoms with van der Waals surface area (Å²) in [4.78, 5) is 27.1. The van der Waals surface area contributed by atoms with Crippen molar-refractivity contribution in [2.75, 3.05) is 4.90 Å². The van der Waals surface area contributed by atoms with Crippen molar-refractivity contribution in [2.45, 2.75) is 13.0 Å². The zero-order chi connectivity index (χ0) is 22.3. The number of aryl methyl sites for hydroxylation is 1. The van der Waals surface area contributed by atoms with E-state index in [2.05, 4.69) is 0 Å². The van der Waals surface area contributed by atoms with Crippen LogP contribution in [0.4, 0.5) is 14.5 Å². The molecule has 1 fully saturated rings. The first-order valence-electron chi connectivity index (χ1n) is 9.37. The van der Waals surface area contributed by atoms with E-state index in [1.807, 2.05) is 0 Å². The van der Waals surface area contributed by atoms with Gasteiger partial charge in [-0.15, -0.1) is 0 Å². The van der Waals surface area contributed by atoms with Crippen LogP contribution in [-0.4, -0.2) is 16.8 Å². The number of aliphatic hydroxyl groups excluding tert-OH is 1. The maximum atomic E-state index is 14.8. The zero-order valence-electron chi connectivity index (χ0n) is 16.3. The minimum atomic E-state index is -1.22. The van der Waals surface area contributed by atoms with Crippen molar-refractivity contribution in [3.8, 4) is 0 Å². The molecule has 1 aliphatic heterocycles. The average Bonchev–Trinajstić information content (AvgIpc) is 3.01. The van der Waals surface area contributed by atoms with Crippen molar-refractivity contribution in [2.24, 2.45) is 0 Å². The number of hydrogen-bond acceptors (Lipinski definition) is 3. The molecule has 0 bridgehead atoms. The molecule has 31 heavy (non-hydrogen) atoms. The number of rotatable bonds is 3. The fourth-order valence-corrected chi connectivity index (χ4v) is 3.77. The van der Waals surface area contributed by atoms with Gasteiger partial charge in [0.25, 0.3) is 11.7 Å². The van der Waals surface area contributed by atoms with Gasteiger partial charge < -0.3 is 5.11 Å². The summed E-state index contributed by atoms with van der Waals surface area (Å²) < 4.78 is 28.5. The molecule has 4 nitrogen and oxygen atoms in total. The Morgan fingerprint density at radius 1 is 0.968 bits per heavy atom. The second kappa shape index (κ2) is 7.96. The number of halogens is 3. The minimum absolute atomic E-state index is 0.0389. The number of hydrogen-bond donors (Lipinski definition) is 1. The number of benzene rings is 3. The van der Waals surface area contributed by atoms with E-state index < -0.39 is 35.1 Å². The van der Waals surface area contributed by atoms with E-state index in [0.29, 0.717) is 10.7 Å². The number of ketones is 1. The number of aliphatic hydroxyl groups is 1. The molecule has 1 aliphatic rings. The number of anilines is 1. The van der Waals surface area contributed by atoms with Gasteiger partial charge in [-0.25, -0.2) is 8.78 Å². The third-order valence-corrected chi connectivity index (χ3v) is 5.43. The van der Waals surface area contributed by atoms with Gasteiger partial charge in [0.2, 0.25) is 0 Å². The Morgan fingerprint density at radius 2 is 1.65 bits per heavy atom. The van der Waals surface area contributed by atoms with Gasteiger partial charge in [0, 0.05) is 21.8 Å². The first-order valence-corrected chi connectivity index (χ1v) is 9.75. The summed E-state index contributed by atoms with van der Waals surface area (Å²) in [6.45, 7) is 1.51. The lowest BCUT2D eigenvalue weighted by atomic mass is 9.94. The lowest BCUT2D eigenvalue weighted by Gasteiger charge is -2.25. The molecule has 3 aromatic rings. The molecule has 1 saturated heterocycles. The lowest BCUT2D eigenvalue weighted by Crippen LogP contribution is -2.29. The van der Waals surface area contributed by atoms with Crippen LogP contribution in [0, 0.1) is 18.6 Å². The van der Waals surface area contributed by atoms with Crippen molar-refractivity contribution >= 4 is 34.7 Å². The third-order valence-electron chi connectivity index (χ3n) is 5.18. The first-order chi connectivity index (χ1) is 14.8. The number of Topliss-reactive ketones (excluding diaryl/α,β-unsaturated/α-hetero) is 1. The lowest BCUT2D eigenvalue weighted by molar-refractivity contribution is -0.132. The summed E-state index contributed by atoms with van der Waals surface area (Å²) in [6, 6.07) is 14.4. The van der Waals surface area contributed by atoms with E-state index in [1.165, 1.54) is 61.5 Å². The number of amides is 1. The number of carbonyl (C=O) groups excluding carboxylic acids is 2. The molecule has 1 atom stereocenters. The monoisotopic (exact) mass is 439 g/mol. The van der Waals surface area contributed by atoms with E-state index in [-0.39, 0.29) is 22.3 Å². The Hall–Kier alpha value is -3.51. The molecule has 1 N–H and O–H groups in total. The molecule has 0 aliphatic carbocycles. The van der Waals surface area contributed by atoms with Crippen LogP contribution in [0.3, 0.4) is 0 Å². The molecular weight excluding hydrogens is 424 g/mol. The molecule has 1 amide bonds. The maximum Gasteiger partial charge on any atom is 0.300 e. The van der Waals surface area contributed by atoms with Gasteiger partial charge in [0.15, 0.2) is 0 Å². The molecule has 0 saturated carbocycles. The Labute approximate surface area is 182 Å². The quantitative estimate of drug-likeness (QED) is 0.330. The normalized spacial score (nSPS) is 17.9. The second-order valence-electron chi connectivity index (χ2n) is 7.13. The predicted molar refractivity (Wildman–Crippen MR) is 114 cm³/mol. The van der Waals surface area contributed by atoms with Crippen molar-refractivity contribution < 1.29 is 23.5 Å². The Morgan fingerprint density at radius 3 is 2.29 bits per heavy atom. The Bertz CT molecular complexity index is 1240. The molecule has 1 unspecified atom stereocenters. The van der Waals surface area contributed by atoms with Crippen LogP contribution in [0.15, 0.2) is 72.3 Å². The van der Waals surface area contributed by atoms with Gasteiger partial charge in [-0.05, 0) is 61.0 Å². The van der Waals surface area contributed by atoms with Crippen LogP contribution >= 0.6 is 11.6 Å². The van der Waals surface area contributed by atoms with Gasteiger partial charge in [-0.1, -0.05) is 29.8 Å². The van der Waals surface area contributed by atoms with Gasteiger partial charge in [0.1, 0.15) is 17.4 Å². The molecule has 4 rings (SSSR count). The highest BCUT2D eigenvalue weighted by molar-refractivity contribution is 6.51. The summed E-state index contributed by atoms with van der Waals surface area (Å²) in [5, 5.41) is 11.4. The molecule has 7 heteroatoms. The van der Waals surface area contributed by atoms with E-state index in [9.17, 15) is 23.5 Å². The van der Waals surface area contributed by atoms with Gasteiger partial charge >= 0.3 is 0 Å². The molecular formula is C24H16ClF2NO3. The summed E-state index contributed by atoms with van der Waals surface area (Å²) in [5.74, 6) is -3.52. The van der Waals surface area contributed by atoms with Gasteiger partial charge in [0.05, 0.1) is 11.6 Å². The van der Waals surface area contributed by atoms with Crippen LogP contribution in [0.2, 0.25) is 5.02 Å². The van der Waals surface area contributed by atoms with Gasteiger partial charge in [-0.3, -0.25) is 14.5 Å². The zero-order valence-corrected chi connectivity index (χ0v) is 17.0. The van der Waals surface area contributed by atoms with Crippen LogP contribution in [0.25, 0.3) is 5.76 Å². The van der Waals surface area contributed by atoms with E-state index in [0.717, 1.165) is 11.0 Å². The highest BCUT2D eigenvalue weighted by Crippen LogP contribution is 2.43. The standard InChI is InChI=1S/C24H16ClF2NO3/c1-13-12-14(6-11-18(13)26)22(29)20-21(17-4-2-3-5-19(17)27)28(24(31)23(20)30)16-9-7-15(25)8-10-16/h2-12,21,29H,1H3/b22-20+. The second-order valence-corrected chi connectivity index (χ2v) is 7.57. The molecule has 3 aromatic carbocycles. The summed E-state index contributed by atoms with van der Waals surface area (Å²) in [7, 11) is 0. The molecule has 156 valence electrons. The topological polar surface area (TPSA) is 57.6 Å². The van der Waals surface area contributed by atoms with Crippen molar-refractivity contribution in [3.63, 3.8) is 0 Å². The van der Waals surface area contributed by atoms with Crippen LogP contribution in [0.5, 0.6) is 0 Å². The molecule has 0 radical (unpaired) electrons. The first kappa shape index (κ1) is 20.8. The van der Waals surface area contributed by atoms with Crippen LogP contribution in [-0.2, 0) is 9.59 Å². The van der Waals surface area contributed by atoms with Crippen molar-refractivity contribution in [1.82, 2.24) is 0 Å². The van der Waals surface area contributed by atoms with Crippen molar-refractivity contribution in [3.05, 3.63) is 106 Å². The van der Waals surface area contributed by atoms with Crippen molar-refractivity contribution in [1.29, 1.82) is 0 Å². The summed E-state index contributed by atoms with van der Waals surface area (Å²) in [5.41, 5.74) is 0.468. The number of nitrogens with zero attached hydrogens (tertiary/aromatic N) is 1. The fraction of sp³-hybridized carbons (Fsp3) is 0.0833. The molecule has 0 aromatic heterocycles. The minimum Gasteiger partial charge on any atom is -0.507 e. The molecule has 0 spiro atoms. The highest BCUT2D eigenvalue weighted by Gasteiger charge is 2.47. The highest BCUT2D eigenvalue weighted by atomic mass is 35.5. The maximum absolute atomic E-state index is 14.8. The van der Waals surface area contributed by atoms with E-state index in [1.54, 1.807) is 6.07 Å². The SMILES string of the molecule is Cc1cc(/C(O)=C2\C(=O)C(=O)N(c3ccc(Cl)cc3)C2c2ccccc2F)ccc1F. The summed E-state index contributed by atoms with van der Waals surface area (Å²) >= 11 is 5.94. The predicted octanol–water partition coefficient (Wildman–Crippen LogP) is 5.55. The Balaban J connectivity index is 1.97. The van der Waals surface area contributed by atoms with E-state index >= 15 is 0 Å². The fourth-order valence-electron chi connectivity index (χ4n) is 3.64. The average molecular weight is 440 g/mol. The summed E-state index contributed by atoms with van der Waals surface area (Å²) in [6.07, 6.45) is 0. The largest absolute Gasteiger partial charge is 0.507 e. The van der Waals surface area contributed by atoms with Crippen LogP contribution in [0.1, 0.15) is 22.7 Å². The third kappa shape index (κ3) is 3.59. The van der Waals surface area contributed by atoms with Gasteiger partial charge in [-0.2, -0.15) is 0 Å². The van der Waals surface area contributed by atoms with Crippen LogP contribution < -0.4 is 4.90 Å².